The van der Waals surface area contributed by atoms with Crippen LogP contribution in [0.5, 0.6) is 0 Å². The monoisotopic (exact) mass is 337 g/mol. The molecule has 3 aromatic carbocycles. The second-order valence-corrected chi connectivity index (χ2v) is 5.88. The first-order valence-corrected chi connectivity index (χ1v) is 8.07. The van der Waals surface area contributed by atoms with E-state index in [1.807, 2.05) is 54.6 Å². The molecule has 5 rings (SSSR count). The van der Waals surface area contributed by atoms with Crippen LogP contribution in [-0.4, -0.2) is 9.97 Å². The van der Waals surface area contributed by atoms with E-state index in [1.165, 1.54) is 0 Å². The van der Waals surface area contributed by atoms with Gasteiger partial charge in [-0.05, 0) is 42.5 Å². The molecule has 0 aliphatic carbocycles. The molecule has 0 saturated heterocycles. The lowest BCUT2D eigenvalue weighted by molar-refractivity contribution is 0.609. The second-order valence-electron chi connectivity index (χ2n) is 5.88. The third-order valence-electron chi connectivity index (χ3n) is 4.18. The first-order valence-electron chi connectivity index (χ1n) is 8.07. The minimum atomic E-state index is 0.500. The number of benzene rings is 3. The molecule has 0 atom stereocenters. The maximum absolute atomic E-state index is 8.90. The zero-order valence-corrected chi connectivity index (χ0v) is 13.5. The van der Waals surface area contributed by atoms with Crippen molar-refractivity contribution in [2.24, 2.45) is 0 Å². The molecule has 0 radical (unpaired) electrons. The van der Waals surface area contributed by atoms with Gasteiger partial charge in [-0.1, -0.05) is 18.2 Å². The first-order chi connectivity index (χ1) is 12.8. The summed E-state index contributed by atoms with van der Waals surface area (Å²) in [6, 6.07) is 22.6. The highest BCUT2D eigenvalue weighted by atomic mass is 16.4. The maximum Gasteiger partial charge on any atom is 0.227 e. The van der Waals surface area contributed by atoms with Crippen LogP contribution in [0, 0.1) is 11.3 Å². The van der Waals surface area contributed by atoms with E-state index in [9.17, 15) is 0 Å². The van der Waals surface area contributed by atoms with Crippen molar-refractivity contribution in [2.75, 3.05) is 0 Å². The van der Waals surface area contributed by atoms with Gasteiger partial charge in [0.05, 0.1) is 11.6 Å². The zero-order valence-electron chi connectivity index (χ0n) is 13.5. The van der Waals surface area contributed by atoms with E-state index in [4.69, 9.17) is 14.1 Å². The van der Waals surface area contributed by atoms with Crippen molar-refractivity contribution in [2.45, 2.75) is 0 Å². The lowest BCUT2D eigenvalue weighted by Gasteiger charge is -1.94. The number of fused-ring (bicyclic) bond motifs is 2. The first kappa shape index (κ1) is 14.4. The molecule has 0 aliphatic rings. The molecular weight excluding hydrogens is 326 g/mol. The van der Waals surface area contributed by atoms with Crippen molar-refractivity contribution in [1.82, 2.24) is 9.97 Å². The third kappa shape index (κ3) is 2.33. The summed E-state index contributed by atoms with van der Waals surface area (Å²) in [5.41, 5.74) is 5.06. The quantitative estimate of drug-likeness (QED) is 0.444. The number of nitriles is 1. The van der Waals surface area contributed by atoms with Gasteiger partial charge in [0.25, 0.3) is 0 Å². The van der Waals surface area contributed by atoms with Gasteiger partial charge in [0.2, 0.25) is 11.8 Å². The average molecular weight is 337 g/mol. The van der Waals surface area contributed by atoms with Gasteiger partial charge in [0, 0.05) is 17.2 Å². The van der Waals surface area contributed by atoms with Crippen LogP contribution in [0.15, 0.2) is 75.6 Å². The molecule has 2 aromatic heterocycles. The summed E-state index contributed by atoms with van der Waals surface area (Å²) >= 11 is 0. The summed E-state index contributed by atoms with van der Waals surface area (Å²) in [7, 11) is 0. The Morgan fingerprint density at radius 1 is 0.692 bits per heavy atom. The summed E-state index contributed by atoms with van der Waals surface area (Å²) < 4.78 is 11.7. The van der Waals surface area contributed by atoms with Crippen LogP contribution in [0.3, 0.4) is 0 Å². The van der Waals surface area contributed by atoms with Crippen molar-refractivity contribution in [1.29, 1.82) is 5.26 Å². The predicted octanol–water partition coefficient (Wildman–Crippen LogP) is 5.17. The van der Waals surface area contributed by atoms with Crippen LogP contribution in [0.4, 0.5) is 0 Å². The Morgan fingerprint density at radius 3 is 1.85 bits per heavy atom. The summed E-state index contributed by atoms with van der Waals surface area (Å²) in [6.45, 7) is 0. The minimum Gasteiger partial charge on any atom is -0.436 e. The van der Waals surface area contributed by atoms with Gasteiger partial charge in [-0.2, -0.15) is 5.26 Å². The van der Waals surface area contributed by atoms with Gasteiger partial charge >= 0.3 is 0 Å². The molecule has 0 bridgehead atoms. The van der Waals surface area contributed by atoms with Gasteiger partial charge in [-0.25, -0.2) is 9.97 Å². The molecule has 2 heterocycles. The largest absolute Gasteiger partial charge is 0.436 e. The van der Waals surface area contributed by atoms with Crippen LogP contribution in [0.25, 0.3) is 45.1 Å². The van der Waals surface area contributed by atoms with Crippen LogP contribution in [0.2, 0.25) is 0 Å². The Morgan fingerprint density at radius 2 is 1.27 bits per heavy atom. The van der Waals surface area contributed by atoms with Crippen molar-refractivity contribution < 1.29 is 8.83 Å². The van der Waals surface area contributed by atoms with Gasteiger partial charge < -0.3 is 8.83 Å². The molecule has 0 amide bonds. The number of hydrogen-bond acceptors (Lipinski definition) is 5. The molecular formula is C21H11N3O2. The van der Waals surface area contributed by atoms with E-state index in [0.29, 0.717) is 34.0 Å². The second kappa shape index (κ2) is 5.57. The minimum absolute atomic E-state index is 0.500. The summed E-state index contributed by atoms with van der Waals surface area (Å²) in [6.07, 6.45) is 0. The number of rotatable bonds is 2. The molecule has 5 aromatic rings. The van der Waals surface area contributed by atoms with E-state index in [2.05, 4.69) is 16.0 Å². The molecule has 0 spiro atoms. The van der Waals surface area contributed by atoms with Gasteiger partial charge in [-0.3, -0.25) is 0 Å². The molecule has 0 aliphatic heterocycles. The van der Waals surface area contributed by atoms with E-state index < -0.39 is 0 Å². The Balaban J connectivity index is 1.60. The van der Waals surface area contributed by atoms with Crippen LogP contribution >= 0.6 is 0 Å². The Labute approximate surface area is 148 Å². The van der Waals surface area contributed by atoms with Crippen LogP contribution in [-0.2, 0) is 0 Å². The van der Waals surface area contributed by atoms with E-state index in [-0.39, 0.29) is 0 Å². The smallest absolute Gasteiger partial charge is 0.227 e. The highest BCUT2D eigenvalue weighted by Gasteiger charge is 2.14. The molecule has 5 nitrogen and oxygen atoms in total. The molecule has 122 valence electrons. The van der Waals surface area contributed by atoms with E-state index in [0.717, 1.165) is 16.6 Å². The Bertz CT molecular complexity index is 1230. The molecule has 0 unspecified atom stereocenters. The molecule has 0 fully saturated rings. The van der Waals surface area contributed by atoms with Crippen molar-refractivity contribution >= 4 is 22.2 Å². The fraction of sp³-hybridized carbons (Fsp3) is 0. The Kier molecular flexibility index (Phi) is 3.09. The van der Waals surface area contributed by atoms with Crippen molar-refractivity contribution in [3.05, 3.63) is 72.3 Å². The van der Waals surface area contributed by atoms with E-state index >= 15 is 0 Å². The fourth-order valence-corrected chi connectivity index (χ4v) is 2.86. The number of hydrogen-bond donors (Lipinski definition) is 0. The highest BCUT2D eigenvalue weighted by molar-refractivity contribution is 5.91. The fourth-order valence-electron chi connectivity index (χ4n) is 2.86. The number of oxazole rings is 2. The predicted molar refractivity (Wildman–Crippen MR) is 97.2 cm³/mol. The Hall–Kier alpha value is -3.91. The number of nitrogens with zero attached hydrogens (tertiary/aromatic N) is 3. The maximum atomic E-state index is 8.90. The summed E-state index contributed by atoms with van der Waals surface area (Å²) in [5, 5.41) is 8.90. The van der Waals surface area contributed by atoms with Crippen LogP contribution in [0.1, 0.15) is 5.56 Å². The third-order valence-corrected chi connectivity index (χ3v) is 4.18. The highest BCUT2D eigenvalue weighted by Crippen LogP contribution is 2.30. The van der Waals surface area contributed by atoms with Crippen molar-refractivity contribution in [3.63, 3.8) is 0 Å². The lowest BCUT2D eigenvalue weighted by atomic mass is 10.1. The topological polar surface area (TPSA) is 75.8 Å². The molecule has 0 N–H and O–H groups in total. The van der Waals surface area contributed by atoms with Gasteiger partial charge in [0.1, 0.15) is 11.0 Å². The summed E-state index contributed by atoms with van der Waals surface area (Å²) in [5.74, 6) is 1.07. The number of aromatic nitrogens is 2. The van der Waals surface area contributed by atoms with Crippen LogP contribution < -0.4 is 0 Å². The zero-order chi connectivity index (χ0) is 17.5. The van der Waals surface area contributed by atoms with Gasteiger partial charge in [-0.15, -0.1) is 0 Å². The summed E-state index contributed by atoms with van der Waals surface area (Å²) in [4.78, 5) is 9.09. The normalized spacial score (nSPS) is 11.0. The standard InChI is InChI=1S/C21H11N3O2/c22-12-13-6-8-15(9-7-13)21-24-17-10-16-18(11-19(17)26-21)25-20(23-16)14-4-2-1-3-5-14/h1-11H. The van der Waals surface area contributed by atoms with Gasteiger partial charge in [0.15, 0.2) is 11.2 Å². The average Bonchev–Trinajstić information content (AvgIpc) is 3.30. The lowest BCUT2D eigenvalue weighted by Crippen LogP contribution is -1.78. The molecule has 26 heavy (non-hydrogen) atoms. The molecule has 0 saturated carbocycles. The SMILES string of the molecule is N#Cc1ccc(-c2nc3cc4nc(-c5ccccc5)oc4cc3o2)cc1. The van der Waals surface area contributed by atoms with E-state index in [1.54, 1.807) is 12.1 Å². The van der Waals surface area contributed by atoms with Crippen molar-refractivity contribution in [3.8, 4) is 29.0 Å². The molecule has 5 heteroatoms.